The minimum absolute atomic E-state index is 1.49. The van der Waals surface area contributed by atoms with Crippen LogP contribution in [-0.4, -0.2) is 10.6 Å². The van der Waals surface area contributed by atoms with Crippen molar-refractivity contribution in [2.75, 3.05) is 4.93 Å². The monoisotopic (exact) mass is 217 g/mol. The third kappa shape index (κ3) is 5.06. The molecule has 36 valence electrons. The van der Waals surface area contributed by atoms with Gasteiger partial charge in [-0.2, -0.15) is 0 Å². The van der Waals surface area contributed by atoms with Crippen LogP contribution in [0.25, 0.3) is 0 Å². The number of halogens is 1. The first-order valence-corrected chi connectivity index (χ1v) is 5.91. The molecule has 0 aliphatic heterocycles. The molecule has 0 amide bonds. The van der Waals surface area contributed by atoms with Crippen molar-refractivity contribution in [2.24, 2.45) is 0 Å². The van der Waals surface area contributed by atoms with Gasteiger partial charge in [0, 0.05) is 0 Å². The summed E-state index contributed by atoms with van der Waals surface area (Å²) < 4.78 is 4.59. The Kier molecular flexibility index (Phi) is 4.98. The molecular formula is CH5BINOS. The molecule has 0 aliphatic rings. The van der Waals surface area contributed by atoms with Crippen LogP contribution in [-0.2, 0) is 3.17 Å². The summed E-state index contributed by atoms with van der Waals surface area (Å²) in [6.07, 6.45) is 0. The SMILES string of the molecule is [B]I(C)ONS. The van der Waals surface area contributed by atoms with Crippen LogP contribution in [0.15, 0.2) is 0 Å². The Balaban J connectivity index is 2.63. The van der Waals surface area contributed by atoms with Gasteiger partial charge in [0.05, 0.1) is 0 Å². The second kappa shape index (κ2) is 4.23. The summed E-state index contributed by atoms with van der Waals surface area (Å²) in [5.41, 5.74) is 5.23. The Morgan fingerprint density at radius 1 is 2.00 bits per heavy atom. The zero-order valence-corrected chi connectivity index (χ0v) is 6.36. The van der Waals surface area contributed by atoms with Crippen LogP contribution in [0.1, 0.15) is 0 Å². The van der Waals surface area contributed by atoms with Crippen molar-refractivity contribution < 1.29 is 3.17 Å². The summed E-state index contributed by atoms with van der Waals surface area (Å²) in [5.74, 6) is 0. The number of hydrogen-bond donors (Lipinski definition) is 2. The molecule has 1 N–H and O–H groups in total. The minimum atomic E-state index is -1.49. The molecule has 6 heavy (non-hydrogen) atoms. The van der Waals surface area contributed by atoms with Gasteiger partial charge < -0.3 is 0 Å². The molecule has 0 aromatic rings. The molecule has 2 nitrogen and oxygen atoms in total. The summed E-state index contributed by atoms with van der Waals surface area (Å²) in [4.78, 5) is 4.06. The van der Waals surface area contributed by atoms with Gasteiger partial charge in [-0.05, 0) is 0 Å². The average molecular weight is 217 g/mol. The van der Waals surface area contributed by atoms with Crippen LogP contribution in [0.2, 0.25) is 0 Å². The van der Waals surface area contributed by atoms with E-state index in [4.69, 9.17) is 5.70 Å². The zero-order chi connectivity index (χ0) is 4.99. The molecule has 0 aromatic heterocycles. The van der Waals surface area contributed by atoms with E-state index >= 15 is 0 Å². The van der Waals surface area contributed by atoms with E-state index in [2.05, 4.69) is 20.9 Å². The van der Waals surface area contributed by atoms with Crippen molar-refractivity contribution in [1.82, 2.24) is 4.89 Å². The first kappa shape index (κ1) is 7.06. The van der Waals surface area contributed by atoms with Crippen molar-refractivity contribution in [1.29, 1.82) is 0 Å². The van der Waals surface area contributed by atoms with E-state index in [1.54, 1.807) is 0 Å². The second-order valence-electron chi connectivity index (χ2n) is 0.630. The van der Waals surface area contributed by atoms with Gasteiger partial charge in [0.15, 0.2) is 0 Å². The topological polar surface area (TPSA) is 21.3 Å². The van der Waals surface area contributed by atoms with E-state index < -0.39 is 20.0 Å². The average Bonchev–Trinajstić information content (AvgIpc) is 1.35. The fraction of sp³-hybridized carbons (Fsp3) is 1.00. The van der Waals surface area contributed by atoms with Gasteiger partial charge in [-0.3, -0.25) is 0 Å². The number of hydrogen-bond acceptors (Lipinski definition) is 3. The Morgan fingerprint density at radius 2 is 2.50 bits per heavy atom. The zero-order valence-electron chi connectivity index (χ0n) is 3.31. The Hall–Kier alpha value is 1.06. The summed E-state index contributed by atoms with van der Waals surface area (Å²) in [6.45, 7) is 0. The Labute approximate surface area is 51.6 Å². The molecule has 0 rings (SSSR count). The third-order valence-electron chi connectivity index (χ3n) is 0.156. The summed E-state index contributed by atoms with van der Waals surface area (Å²) in [5, 5.41) is 0. The van der Waals surface area contributed by atoms with Crippen LogP contribution in [0, 0.1) is 0 Å². The van der Waals surface area contributed by atoms with E-state index in [0.29, 0.717) is 0 Å². The van der Waals surface area contributed by atoms with Crippen molar-refractivity contribution in [3.05, 3.63) is 0 Å². The van der Waals surface area contributed by atoms with Gasteiger partial charge in [-0.25, -0.2) is 0 Å². The van der Waals surface area contributed by atoms with E-state index in [1.807, 2.05) is 4.93 Å². The Morgan fingerprint density at radius 3 is 2.50 bits per heavy atom. The summed E-state index contributed by atoms with van der Waals surface area (Å²) >= 11 is 2.05. The molecular weight excluding hydrogens is 212 g/mol. The molecule has 0 saturated carbocycles. The van der Waals surface area contributed by atoms with Gasteiger partial charge >= 0.3 is 51.5 Å². The maximum atomic E-state index is 5.23. The predicted octanol–water partition coefficient (Wildman–Crippen LogP) is 0.487. The first-order chi connectivity index (χ1) is 2.77. The van der Waals surface area contributed by atoms with Gasteiger partial charge in [-0.15, -0.1) is 0 Å². The van der Waals surface area contributed by atoms with Crippen molar-refractivity contribution >= 4 is 38.5 Å². The third-order valence-corrected chi connectivity index (χ3v) is 1.51. The van der Waals surface area contributed by atoms with Crippen molar-refractivity contribution in [3.8, 4) is 0 Å². The van der Waals surface area contributed by atoms with Crippen LogP contribution >= 0.6 is 32.8 Å². The van der Waals surface area contributed by atoms with Crippen LogP contribution in [0.4, 0.5) is 0 Å². The van der Waals surface area contributed by atoms with Crippen LogP contribution in [0.3, 0.4) is 0 Å². The molecule has 0 fully saturated rings. The summed E-state index contributed by atoms with van der Waals surface area (Å²) in [6, 6.07) is 0. The van der Waals surface area contributed by atoms with Gasteiger partial charge in [-0.1, -0.05) is 0 Å². The van der Waals surface area contributed by atoms with Crippen molar-refractivity contribution in [3.63, 3.8) is 0 Å². The predicted molar refractivity (Wildman–Crippen MR) is 38.9 cm³/mol. The second-order valence-corrected chi connectivity index (χ2v) is 3.89. The first-order valence-electron chi connectivity index (χ1n) is 1.18. The number of rotatable bonds is 2. The molecule has 0 aliphatic carbocycles. The van der Waals surface area contributed by atoms with E-state index in [9.17, 15) is 0 Å². The molecule has 0 unspecified atom stereocenters. The standard InChI is InChI=1S/CH5BINOS/c1-3(2)5-4-6/h4,6H,1H3. The molecule has 0 heterocycles. The van der Waals surface area contributed by atoms with Gasteiger partial charge in [0.25, 0.3) is 0 Å². The normalized spacial score (nSPS) is 11.3. The van der Waals surface area contributed by atoms with Crippen molar-refractivity contribution in [2.45, 2.75) is 0 Å². The van der Waals surface area contributed by atoms with Crippen LogP contribution < -0.4 is 4.89 Å². The molecule has 5 heteroatoms. The molecule has 0 bridgehead atoms. The van der Waals surface area contributed by atoms with Gasteiger partial charge in [0.1, 0.15) is 0 Å². The van der Waals surface area contributed by atoms with E-state index in [-0.39, 0.29) is 0 Å². The molecule has 2 radical (unpaired) electrons. The number of thiol groups is 1. The van der Waals surface area contributed by atoms with E-state index in [1.165, 1.54) is 0 Å². The molecule has 0 spiro atoms. The maximum absolute atomic E-state index is 5.23. The summed E-state index contributed by atoms with van der Waals surface area (Å²) in [7, 11) is 0. The Bertz CT molecular complexity index is 36.7. The quantitative estimate of drug-likeness (QED) is 0.231. The molecule has 0 aromatic carbocycles. The van der Waals surface area contributed by atoms with Crippen LogP contribution in [0.5, 0.6) is 0 Å². The molecule has 0 saturated heterocycles. The number of nitrogens with one attached hydrogen (secondary N) is 1. The fourth-order valence-corrected chi connectivity index (χ4v) is 1.10. The molecule has 0 atom stereocenters. The van der Waals surface area contributed by atoms with Gasteiger partial charge in [0.2, 0.25) is 0 Å². The van der Waals surface area contributed by atoms with E-state index in [0.717, 1.165) is 0 Å². The fourth-order valence-electron chi connectivity index (χ4n) is 0.0544. The number of alkyl halides is 1.